The number of nitrogens with one attached hydrogen (secondary N) is 1. The number of carbonyl (C=O) groups excluding carboxylic acids is 2. The van der Waals surface area contributed by atoms with E-state index in [1.165, 1.54) is 23.0 Å². The molecule has 0 aromatic heterocycles. The Morgan fingerprint density at radius 1 is 1.07 bits per heavy atom. The van der Waals surface area contributed by atoms with Gasteiger partial charge in [0.2, 0.25) is 5.78 Å². The summed E-state index contributed by atoms with van der Waals surface area (Å²) in [5.74, 6) is -1.36. The van der Waals surface area contributed by atoms with E-state index in [4.69, 9.17) is 14.2 Å². The van der Waals surface area contributed by atoms with E-state index in [-0.39, 0.29) is 29.2 Å². The van der Waals surface area contributed by atoms with Crippen molar-refractivity contribution in [2.45, 2.75) is 19.6 Å². The number of quaternary nitrogens is 1. The van der Waals surface area contributed by atoms with Crippen molar-refractivity contribution < 1.29 is 38.9 Å². The van der Waals surface area contributed by atoms with Crippen LogP contribution >= 0.6 is 0 Å². The first-order valence-corrected chi connectivity index (χ1v) is 13.7. The number of aryl methyl sites for hydroxylation is 1. The number of hydrogen-bond acceptors (Lipinski definition) is 7. The molecule has 0 spiro atoms. The number of ether oxygens (including phenoxy) is 3. The lowest BCUT2D eigenvalue weighted by Crippen LogP contribution is -3.14. The van der Waals surface area contributed by atoms with Crippen molar-refractivity contribution in [2.75, 3.05) is 46.5 Å². The van der Waals surface area contributed by atoms with Crippen molar-refractivity contribution in [1.29, 1.82) is 0 Å². The number of phenols is 1. The van der Waals surface area contributed by atoms with E-state index in [2.05, 4.69) is 0 Å². The number of ketones is 1. The standard InChI is InChI=1S/C32H34N2O7/c1-21-5-3-4-6-24(21)20-41-25-10-7-22(8-11-25)30(36)28-29(23-9-12-26(35)27(19-23)39-2)34(32(38)31(28)37)14-13-33-15-17-40-18-16-33/h3-12,19,29,35-36H,13-18,20H2,1-2H3. The van der Waals surface area contributed by atoms with E-state index in [9.17, 15) is 19.8 Å². The number of rotatable bonds is 9. The van der Waals surface area contributed by atoms with Crippen LogP contribution in [0.2, 0.25) is 0 Å². The second-order valence-electron chi connectivity index (χ2n) is 10.3. The van der Waals surface area contributed by atoms with Crippen LogP contribution < -0.4 is 19.5 Å². The molecular weight excluding hydrogens is 524 g/mol. The molecule has 41 heavy (non-hydrogen) atoms. The Hall–Kier alpha value is -4.34. The fraction of sp³-hybridized carbons (Fsp3) is 0.312. The average molecular weight is 559 g/mol. The number of hydrogen-bond donors (Lipinski definition) is 2. The van der Waals surface area contributed by atoms with Crippen LogP contribution in [0.4, 0.5) is 0 Å². The van der Waals surface area contributed by atoms with Gasteiger partial charge in [-0.05, 0) is 53.4 Å². The summed E-state index contributed by atoms with van der Waals surface area (Å²) in [6.45, 7) is 6.20. The zero-order valence-electron chi connectivity index (χ0n) is 23.2. The first kappa shape index (κ1) is 28.2. The summed E-state index contributed by atoms with van der Waals surface area (Å²) in [4.78, 5) is 29.4. The Morgan fingerprint density at radius 2 is 1.80 bits per heavy atom. The highest BCUT2D eigenvalue weighted by atomic mass is 16.5. The molecule has 9 nitrogen and oxygen atoms in total. The van der Waals surface area contributed by atoms with Crippen molar-refractivity contribution in [3.63, 3.8) is 0 Å². The van der Waals surface area contributed by atoms with Crippen LogP contribution in [0, 0.1) is 6.92 Å². The van der Waals surface area contributed by atoms with E-state index < -0.39 is 23.5 Å². The smallest absolute Gasteiger partial charge is 0.295 e. The molecule has 2 saturated heterocycles. The molecule has 2 aliphatic rings. The molecule has 0 bridgehead atoms. The summed E-state index contributed by atoms with van der Waals surface area (Å²) in [5, 5.41) is 24.0. The van der Waals surface area contributed by atoms with Crippen LogP contribution in [0.15, 0.2) is 72.3 Å². The first-order chi connectivity index (χ1) is 19.9. The van der Waals surface area contributed by atoms with E-state index in [1.807, 2.05) is 31.2 Å². The van der Waals surface area contributed by atoms with Crippen LogP contribution in [-0.4, -0.2) is 68.2 Å². The lowest BCUT2D eigenvalue weighted by Gasteiger charge is -2.30. The van der Waals surface area contributed by atoms with Crippen molar-refractivity contribution in [2.24, 2.45) is 0 Å². The normalized spacial score (nSPS) is 19.0. The van der Waals surface area contributed by atoms with Crippen molar-refractivity contribution in [3.8, 4) is 17.2 Å². The fourth-order valence-electron chi connectivity index (χ4n) is 5.29. The van der Waals surface area contributed by atoms with Crippen LogP contribution in [0.3, 0.4) is 0 Å². The van der Waals surface area contributed by atoms with Gasteiger partial charge in [0.1, 0.15) is 25.4 Å². The molecule has 3 aromatic rings. The number of amides is 1. The van der Waals surface area contributed by atoms with E-state index >= 15 is 0 Å². The second kappa shape index (κ2) is 12.4. The van der Waals surface area contributed by atoms with Gasteiger partial charge >= 0.3 is 0 Å². The minimum atomic E-state index is -0.908. The van der Waals surface area contributed by atoms with Gasteiger partial charge in [-0.3, -0.25) is 9.59 Å². The number of carbonyl (C=O) groups is 2. The van der Waals surface area contributed by atoms with Crippen molar-refractivity contribution in [3.05, 3.63) is 94.6 Å². The highest BCUT2D eigenvalue weighted by molar-refractivity contribution is 6.46. The molecule has 3 aromatic carbocycles. The fourth-order valence-corrected chi connectivity index (χ4v) is 5.29. The van der Waals surface area contributed by atoms with Gasteiger partial charge in [-0.2, -0.15) is 0 Å². The number of morpholine rings is 1. The van der Waals surface area contributed by atoms with Crippen LogP contribution in [0.25, 0.3) is 5.76 Å². The quantitative estimate of drug-likeness (QED) is 0.232. The molecule has 1 atom stereocenters. The number of phenolic OH excluding ortho intramolecular Hbond substituents is 1. The highest BCUT2D eigenvalue weighted by Gasteiger charge is 2.44. The number of likely N-dealkylation sites (tertiary alicyclic amines) is 1. The Bertz CT molecular complexity index is 1440. The zero-order valence-corrected chi connectivity index (χ0v) is 23.2. The summed E-state index contributed by atoms with van der Waals surface area (Å²) < 4.78 is 16.6. The lowest BCUT2D eigenvalue weighted by atomic mass is 9.95. The van der Waals surface area contributed by atoms with Crippen LogP contribution in [0.1, 0.15) is 28.3 Å². The second-order valence-corrected chi connectivity index (χ2v) is 10.3. The third-order valence-electron chi connectivity index (χ3n) is 7.73. The highest BCUT2D eigenvalue weighted by Crippen LogP contribution is 2.41. The van der Waals surface area contributed by atoms with Gasteiger partial charge in [0.25, 0.3) is 5.91 Å². The number of methoxy groups -OCH3 is 1. The SMILES string of the molecule is COc1cc(C2C(=C([O-])c3ccc(OCc4ccccc4C)cc3)C(=O)C(=O)N2CC[NH+]2CCOCC2)ccc1O. The van der Waals surface area contributed by atoms with Gasteiger partial charge in [-0.25, -0.2) is 0 Å². The largest absolute Gasteiger partial charge is 0.872 e. The number of nitrogens with zero attached hydrogens (tertiary/aromatic N) is 1. The summed E-state index contributed by atoms with van der Waals surface area (Å²) in [6, 6.07) is 18.2. The summed E-state index contributed by atoms with van der Waals surface area (Å²) >= 11 is 0. The molecule has 2 N–H and O–H groups in total. The molecule has 2 fully saturated rings. The first-order valence-electron chi connectivity index (χ1n) is 13.7. The number of aromatic hydroxyl groups is 1. The summed E-state index contributed by atoms with van der Waals surface area (Å²) in [6.07, 6.45) is 0. The maximum absolute atomic E-state index is 13.8. The van der Waals surface area contributed by atoms with Gasteiger partial charge in [0.15, 0.2) is 11.5 Å². The molecule has 1 amide bonds. The third-order valence-corrected chi connectivity index (χ3v) is 7.73. The lowest BCUT2D eigenvalue weighted by molar-refractivity contribution is -0.907. The molecule has 5 rings (SSSR count). The van der Waals surface area contributed by atoms with E-state index in [0.717, 1.165) is 24.2 Å². The van der Waals surface area contributed by atoms with Crippen LogP contribution in [-0.2, 0) is 20.9 Å². The van der Waals surface area contributed by atoms with Gasteiger partial charge in [-0.1, -0.05) is 48.2 Å². The Labute approximate surface area is 239 Å². The van der Waals surface area contributed by atoms with Gasteiger partial charge < -0.3 is 34.2 Å². The molecule has 0 saturated carbocycles. The molecule has 0 radical (unpaired) electrons. The number of Topliss-reactive ketones (excluding diaryl/α,β-unsaturated/α-hetero) is 1. The topological polar surface area (TPSA) is 113 Å². The molecule has 0 aliphatic carbocycles. The average Bonchev–Trinajstić information content (AvgIpc) is 3.25. The maximum atomic E-state index is 13.8. The predicted octanol–water partition coefficient (Wildman–Crippen LogP) is 1.43. The monoisotopic (exact) mass is 558 g/mol. The minimum absolute atomic E-state index is 0.0784. The van der Waals surface area contributed by atoms with Crippen molar-refractivity contribution in [1.82, 2.24) is 4.90 Å². The Kier molecular flexibility index (Phi) is 8.56. The molecule has 9 heteroatoms. The molecule has 1 unspecified atom stereocenters. The molecule has 2 aliphatic heterocycles. The predicted molar refractivity (Wildman–Crippen MR) is 149 cm³/mol. The Balaban J connectivity index is 1.45. The molecule has 2 heterocycles. The third kappa shape index (κ3) is 6.06. The van der Waals surface area contributed by atoms with Gasteiger partial charge in [-0.15, -0.1) is 0 Å². The van der Waals surface area contributed by atoms with Crippen molar-refractivity contribution >= 4 is 17.4 Å². The summed E-state index contributed by atoms with van der Waals surface area (Å²) in [7, 11) is 1.42. The maximum Gasteiger partial charge on any atom is 0.295 e. The van der Waals surface area contributed by atoms with Crippen LogP contribution in [0.5, 0.6) is 17.2 Å². The Morgan fingerprint density at radius 3 is 2.51 bits per heavy atom. The van der Waals surface area contributed by atoms with E-state index in [0.29, 0.717) is 37.7 Å². The van der Waals surface area contributed by atoms with Gasteiger partial charge in [0, 0.05) is 5.57 Å². The number of benzene rings is 3. The minimum Gasteiger partial charge on any atom is -0.872 e. The molecule has 214 valence electrons. The van der Waals surface area contributed by atoms with Gasteiger partial charge in [0.05, 0.1) is 39.5 Å². The zero-order chi connectivity index (χ0) is 28.9. The van der Waals surface area contributed by atoms with E-state index in [1.54, 1.807) is 36.4 Å². The molecular formula is C32H34N2O7. The summed E-state index contributed by atoms with van der Waals surface area (Å²) in [5.41, 5.74) is 2.85.